The molecule has 0 saturated heterocycles. The summed E-state index contributed by atoms with van der Waals surface area (Å²) in [5, 5.41) is 0. The van der Waals surface area contributed by atoms with Gasteiger partial charge in [0.15, 0.2) is 0 Å². The Balaban J connectivity index is 2.22. The molecule has 0 N–H and O–H groups in total. The number of rotatable bonds is 1. The molecular weight excluding hydrogens is 212 g/mol. The van der Waals surface area contributed by atoms with E-state index in [4.69, 9.17) is 0 Å². The first-order valence-corrected chi connectivity index (χ1v) is 5.47. The second-order valence-electron chi connectivity index (χ2n) is 4.09. The molecule has 3 heterocycles. The predicted molar refractivity (Wildman–Crippen MR) is 65.7 cm³/mol. The monoisotopic (exact) mass is 224 g/mol. The molecule has 3 rings (SSSR count). The maximum atomic E-state index is 4.55. The Labute approximate surface area is 99.0 Å². The Morgan fingerprint density at radius 2 is 1.82 bits per heavy atom. The lowest BCUT2D eigenvalue weighted by Gasteiger charge is -1.97. The normalized spacial score (nSPS) is 10.9. The van der Waals surface area contributed by atoms with Crippen LogP contribution >= 0.6 is 0 Å². The molecule has 0 unspecified atom stereocenters. The van der Waals surface area contributed by atoms with Gasteiger partial charge in [0, 0.05) is 24.8 Å². The summed E-state index contributed by atoms with van der Waals surface area (Å²) in [6.07, 6.45) is 7.42. The van der Waals surface area contributed by atoms with Gasteiger partial charge in [0.2, 0.25) is 0 Å². The summed E-state index contributed by atoms with van der Waals surface area (Å²) in [4.78, 5) is 13.1. The third-order valence-corrected chi connectivity index (χ3v) is 2.72. The molecule has 17 heavy (non-hydrogen) atoms. The third kappa shape index (κ3) is 1.67. The lowest BCUT2D eigenvalue weighted by atomic mass is 10.2. The van der Waals surface area contributed by atoms with Crippen molar-refractivity contribution >= 4 is 5.65 Å². The molecule has 0 atom stereocenters. The Kier molecular flexibility index (Phi) is 2.14. The van der Waals surface area contributed by atoms with Crippen LogP contribution in [0.3, 0.4) is 0 Å². The van der Waals surface area contributed by atoms with Crippen molar-refractivity contribution in [3.8, 4) is 11.4 Å². The molecule has 0 bridgehead atoms. The number of hydrogen-bond donors (Lipinski definition) is 0. The average Bonchev–Trinajstić information content (AvgIpc) is 2.72. The summed E-state index contributed by atoms with van der Waals surface area (Å²) in [6, 6.07) is 4.06. The zero-order chi connectivity index (χ0) is 11.8. The van der Waals surface area contributed by atoms with Gasteiger partial charge in [-0.2, -0.15) is 0 Å². The molecule has 0 aliphatic rings. The molecule has 0 saturated carbocycles. The van der Waals surface area contributed by atoms with Crippen LogP contribution in [0.5, 0.6) is 0 Å². The Morgan fingerprint density at radius 3 is 2.65 bits per heavy atom. The van der Waals surface area contributed by atoms with Crippen molar-refractivity contribution in [3.05, 3.63) is 48.2 Å². The van der Waals surface area contributed by atoms with E-state index < -0.39 is 0 Å². The smallest absolute Gasteiger partial charge is 0.137 e. The maximum absolute atomic E-state index is 4.55. The van der Waals surface area contributed by atoms with Crippen molar-refractivity contribution in [2.45, 2.75) is 13.8 Å². The standard InChI is InChI=1S/C13H12N4/c1-9-3-4-12-16-11(8-17(12)7-9)13-10(2)14-5-6-15-13/h3-8H,1-2H3. The van der Waals surface area contributed by atoms with Crippen molar-refractivity contribution in [2.75, 3.05) is 0 Å². The summed E-state index contributed by atoms with van der Waals surface area (Å²) in [5.41, 5.74) is 4.73. The van der Waals surface area contributed by atoms with E-state index in [1.165, 1.54) is 5.56 Å². The Morgan fingerprint density at radius 1 is 1.00 bits per heavy atom. The molecule has 84 valence electrons. The molecule has 0 radical (unpaired) electrons. The largest absolute Gasteiger partial charge is 0.306 e. The first-order valence-electron chi connectivity index (χ1n) is 5.47. The van der Waals surface area contributed by atoms with Crippen LogP contribution in [0.15, 0.2) is 36.9 Å². The van der Waals surface area contributed by atoms with Gasteiger partial charge in [-0.1, -0.05) is 6.07 Å². The SMILES string of the molecule is Cc1ccc2nc(-c3nccnc3C)cn2c1. The van der Waals surface area contributed by atoms with E-state index in [0.717, 1.165) is 22.7 Å². The predicted octanol–water partition coefficient (Wildman–Crippen LogP) is 2.41. The Bertz CT molecular complexity index is 685. The van der Waals surface area contributed by atoms with Crippen LogP contribution in [0.25, 0.3) is 17.0 Å². The van der Waals surface area contributed by atoms with Gasteiger partial charge in [-0.05, 0) is 25.5 Å². The number of fused-ring (bicyclic) bond motifs is 1. The van der Waals surface area contributed by atoms with Gasteiger partial charge in [-0.15, -0.1) is 0 Å². The van der Waals surface area contributed by atoms with Crippen LogP contribution < -0.4 is 0 Å². The third-order valence-electron chi connectivity index (χ3n) is 2.72. The highest BCUT2D eigenvalue weighted by molar-refractivity contribution is 5.60. The highest BCUT2D eigenvalue weighted by Gasteiger charge is 2.08. The number of pyridine rings is 1. The van der Waals surface area contributed by atoms with Gasteiger partial charge in [-0.3, -0.25) is 9.97 Å². The summed E-state index contributed by atoms with van der Waals surface area (Å²) in [6.45, 7) is 4.00. The quantitative estimate of drug-likeness (QED) is 0.637. The maximum Gasteiger partial charge on any atom is 0.137 e. The van der Waals surface area contributed by atoms with E-state index in [1.54, 1.807) is 12.4 Å². The van der Waals surface area contributed by atoms with E-state index in [1.807, 2.05) is 23.6 Å². The lowest BCUT2D eigenvalue weighted by molar-refractivity contribution is 1.11. The van der Waals surface area contributed by atoms with Crippen molar-refractivity contribution in [3.63, 3.8) is 0 Å². The highest BCUT2D eigenvalue weighted by Crippen LogP contribution is 2.19. The van der Waals surface area contributed by atoms with Gasteiger partial charge < -0.3 is 4.40 Å². The van der Waals surface area contributed by atoms with Crippen LogP contribution in [0, 0.1) is 13.8 Å². The molecule has 0 aromatic carbocycles. The summed E-state index contributed by atoms with van der Waals surface area (Å²) < 4.78 is 2.01. The van der Waals surface area contributed by atoms with E-state index in [9.17, 15) is 0 Å². The minimum Gasteiger partial charge on any atom is -0.306 e. The minimum absolute atomic E-state index is 0.842. The number of aryl methyl sites for hydroxylation is 2. The molecule has 3 aromatic heterocycles. The number of nitrogens with zero attached hydrogens (tertiary/aromatic N) is 4. The van der Waals surface area contributed by atoms with Crippen LogP contribution in [0.1, 0.15) is 11.3 Å². The van der Waals surface area contributed by atoms with Gasteiger partial charge in [0.25, 0.3) is 0 Å². The van der Waals surface area contributed by atoms with Crippen molar-refractivity contribution in [2.24, 2.45) is 0 Å². The van der Waals surface area contributed by atoms with Crippen molar-refractivity contribution in [1.29, 1.82) is 0 Å². The van der Waals surface area contributed by atoms with E-state index in [2.05, 4.69) is 34.1 Å². The average molecular weight is 224 g/mol. The zero-order valence-corrected chi connectivity index (χ0v) is 9.75. The Hall–Kier alpha value is -2.23. The highest BCUT2D eigenvalue weighted by atomic mass is 15.0. The molecule has 4 heteroatoms. The fraction of sp³-hybridized carbons (Fsp3) is 0.154. The first-order chi connectivity index (χ1) is 8.24. The second kappa shape index (κ2) is 3.66. The molecule has 0 aliphatic carbocycles. The summed E-state index contributed by atoms with van der Waals surface area (Å²) in [5.74, 6) is 0. The van der Waals surface area contributed by atoms with E-state index in [-0.39, 0.29) is 0 Å². The van der Waals surface area contributed by atoms with Crippen LogP contribution in [0.4, 0.5) is 0 Å². The van der Waals surface area contributed by atoms with Crippen LogP contribution in [-0.2, 0) is 0 Å². The topological polar surface area (TPSA) is 43.1 Å². The number of aromatic nitrogens is 4. The lowest BCUT2D eigenvalue weighted by Crippen LogP contribution is -1.90. The fourth-order valence-corrected chi connectivity index (χ4v) is 1.88. The van der Waals surface area contributed by atoms with Gasteiger partial charge >= 0.3 is 0 Å². The summed E-state index contributed by atoms with van der Waals surface area (Å²) in [7, 11) is 0. The number of imidazole rings is 1. The van der Waals surface area contributed by atoms with Crippen LogP contribution in [0.2, 0.25) is 0 Å². The molecule has 0 aliphatic heterocycles. The van der Waals surface area contributed by atoms with Gasteiger partial charge in [0.05, 0.1) is 5.69 Å². The van der Waals surface area contributed by atoms with Crippen molar-refractivity contribution < 1.29 is 0 Å². The fourth-order valence-electron chi connectivity index (χ4n) is 1.88. The van der Waals surface area contributed by atoms with Gasteiger partial charge in [0.1, 0.15) is 17.0 Å². The number of hydrogen-bond acceptors (Lipinski definition) is 3. The molecule has 0 spiro atoms. The summed E-state index contributed by atoms with van der Waals surface area (Å²) >= 11 is 0. The van der Waals surface area contributed by atoms with E-state index >= 15 is 0 Å². The molecule has 4 nitrogen and oxygen atoms in total. The van der Waals surface area contributed by atoms with Crippen molar-refractivity contribution in [1.82, 2.24) is 19.4 Å². The van der Waals surface area contributed by atoms with Crippen LogP contribution in [-0.4, -0.2) is 19.4 Å². The minimum atomic E-state index is 0.842. The molecular formula is C13H12N4. The molecule has 3 aromatic rings. The second-order valence-corrected chi connectivity index (χ2v) is 4.09. The molecule has 0 fully saturated rings. The first kappa shape index (κ1) is 9.96. The van der Waals surface area contributed by atoms with E-state index in [0.29, 0.717) is 0 Å². The van der Waals surface area contributed by atoms with Gasteiger partial charge in [-0.25, -0.2) is 4.98 Å². The zero-order valence-electron chi connectivity index (χ0n) is 9.75. The molecule has 0 amide bonds.